The Morgan fingerprint density at radius 1 is 1.38 bits per heavy atom. The average Bonchev–Trinajstić information content (AvgIpc) is 2.98. The molecule has 6 nitrogen and oxygen atoms in total. The maximum absolute atomic E-state index is 11.2. The van der Waals surface area contributed by atoms with Crippen LogP contribution < -0.4 is 9.47 Å². The fraction of sp³-hybridized carbons (Fsp3) is 0.333. The molecule has 0 aliphatic carbocycles. The largest absolute Gasteiger partial charge is 0.490 e. The van der Waals surface area contributed by atoms with E-state index in [-0.39, 0.29) is 11.3 Å². The zero-order valence-electron chi connectivity index (χ0n) is 11.9. The van der Waals surface area contributed by atoms with Crippen molar-refractivity contribution >= 4 is 5.97 Å². The van der Waals surface area contributed by atoms with E-state index in [0.717, 1.165) is 13.0 Å². The number of aryl methyl sites for hydroxylation is 1. The molecule has 0 radical (unpaired) electrons. The first-order chi connectivity index (χ1) is 10.2. The van der Waals surface area contributed by atoms with Crippen molar-refractivity contribution in [2.45, 2.75) is 19.9 Å². The van der Waals surface area contributed by atoms with Crippen LogP contribution in [0, 0.1) is 0 Å². The molecule has 2 rings (SSSR count). The number of ether oxygens (including phenoxy) is 2. The molecule has 0 saturated heterocycles. The van der Waals surface area contributed by atoms with Crippen LogP contribution in [0.1, 0.15) is 23.7 Å². The number of para-hydroxylation sites is 1. The van der Waals surface area contributed by atoms with Gasteiger partial charge in [-0.3, -0.25) is 0 Å². The lowest BCUT2D eigenvalue weighted by molar-refractivity contribution is 0.0691. The first-order valence-electron chi connectivity index (χ1n) is 6.80. The van der Waals surface area contributed by atoms with E-state index >= 15 is 0 Å². The molecule has 0 unspecified atom stereocenters. The Hall–Kier alpha value is -2.50. The lowest BCUT2D eigenvalue weighted by Crippen LogP contribution is -2.08. The van der Waals surface area contributed by atoms with Gasteiger partial charge in [-0.05, 0) is 25.5 Å². The van der Waals surface area contributed by atoms with Gasteiger partial charge in [0.15, 0.2) is 11.5 Å². The van der Waals surface area contributed by atoms with Crippen LogP contribution >= 0.6 is 0 Å². The molecule has 0 atom stereocenters. The first-order valence-corrected chi connectivity index (χ1v) is 6.80. The molecule has 0 amide bonds. The number of aromatic nitrogens is 2. The zero-order valence-corrected chi connectivity index (χ0v) is 11.9. The second kappa shape index (κ2) is 7.33. The molecule has 21 heavy (non-hydrogen) atoms. The predicted octanol–water partition coefficient (Wildman–Crippen LogP) is 2.45. The molecule has 1 heterocycles. The van der Waals surface area contributed by atoms with Gasteiger partial charge in [-0.2, -0.15) is 0 Å². The molecule has 0 saturated carbocycles. The molecule has 0 aliphatic heterocycles. The molecule has 6 heteroatoms. The highest BCUT2D eigenvalue weighted by atomic mass is 16.5. The van der Waals surface area contributed by atoms with Gasteiger partial charge < -0.3 is 19.1 Å². The van der Waals surface area contributed by atoms with E-state index in [0.29, 0.717) is 19.0 Å². The second-order valence-corrected chi connectivity index (χ2v) is 4.37. The number of carboxylic acid groups (broad SMARTS) is 1. The molecule has 0 fully saturated rings. The molecule has 112 valence electrons. The molecule has 1 aromatic heterocycles. The number of imidazole rings is 1. The van der Waals surface area contributed by atoms with Gasteiger partial charge in [0.1, 0.15) is 5.56 Å². The maximum atomic E-state index is 11.2. The normalized spacial score (nSPS) is 10.3. The molecule has 1 N–H and O–H groups in total. The average molecular weight is 290 g/mol. The Labute approximate surface area is 122 Å². The van der Waals surface area contributed by atoms with Crippen LogP contribution in [0.15, 0.2) is 36.9 Å². The van der Waals surface area contributed by atoms with Gasteiger partial charge in [-0.15, -0.1) is 0 Å². The van der Waals surface area contributed by atoms with E-state index in [9.17, 15) is 9.90 Å². The van der Waals surface area contributed by atoms with E-state index in [1.807, 2.05) is 17.7 Å². The molecule has 0 spiro atoms. The molecule has 0 bridgehead atoms. The van der Waals surface area contributed by atoms with Crippen molar-refractivity contribution in [1.82, 2.24) is 9.55 Å². The van der Waals surface area contributed by atoms with Gasteiger partial charge in [-0.1, -0.05) is 6.07 Å². The van der Waals surface area contributed by atoms with Gasteiger partial charge in [0.25, 0.3) is 0 Å². The van der Waals surface area contributed by atoms with Crippen molar-refractivity contribution < 1.29 is 19.4 Å². The summed E-state index contributed by atoms with van der Waals surface area (Å²) in [5, 5.41) is 9.22. The summed E-state index contributed by atoms with van der Waals surface area (Å²) >= 11 is 0. The Morgan fingerprint density at radius 2 is 2.24 bits per heavy atom. The number of nitrogens with zero attached hydrogens (tertiary/aromatic N) is 2. The van der Waals surface area contributed by atoms with Crippen molar-refractivity contribution in [3.63, 3.8) is 0 Å². The Morgan fingerprint density at radius 3 is 2.90 bits per heavy atom. The minimum atomic E-state index is -1.03. The van der Waals surface area contributed by atoms with Crippen LogP contribution in [-0.2, 0) is 6.54 Å². The van der Waals surface area contributed by atoms with Crippen LogP contribution in [0.3, 0.4) is 0 Å². The topological polar surface area (TPSA) is 73.6 Å². The number of carboxylic acids is 1. The highest BCUT2D eigenvalue weighted by molar-refractivity contribution is 5.92. The van der Waals surface area contributed by atoms with Crippen LogP contribution in [-0.4, -0.2) is 33.8 Å². The number of hydrogen-bond donors (Lipinski definition) is 1. The fourth-order valence-corrected chi connectivity index (χ4v) is 1.94. The third-order valence-corrected chi connectivity index (χ3v) is 2.88. The fourth-order valence-electron chi connectivity index (χ4n) is 1.94. The van der Waals surface area contributed by atoms with E-state index in [1.165, 1.54) is 6.07 Å². The number of hydrogen-bond acceptors (Lipinski definition) is 4. The van der Waals surface area contributed by atoms with Gasteiger partial charge in [0, 0.05) is 18.9 Å². The van der Waals surface area contributed by atoms with Crippen molar-refractivity contribution in [2.24, 2.45) is 0 Å². The minimum Gasteiger partial charge on any atom is -0.490 e. The summed E-state index contributed by atoms with van der Waals surface area (Å²) in [5.74, 6) is -0.279. The number of rotatable bonds is 8. The SMILES string of the molecule is CCOc1cccc(C(=O)O)c1OCCCn1ccnc1. The summed E-state index contributed by atoms with van der Waals surface area (Å²) in [5.41, 5.74) is 0.114. The first kappa shape index (κ1) is 14.9. The summed E-state index contributed by atoms with van der Waals surface area (Å²) in [6.07, 6.45) is 6.07. The monoisotopic (exact) mass is 290 g/mol. The minimum absolute atomic E-state index is 0.114. The van der Waals surface area contributed by atoms with Gasteiger partial charge in [-0.25, -0.2) is 9.78 Å². The van der Waals surface area contributed by atoms with Crippen molar-refractivity contribution in [3.05, 3.63) is 42.5 Å². The van der Waals surface area contributed by atoms with Crippen LogP contribution in [0.4, 0.5) is 0 Å². The highest BCUT2D eigenvalue weighted by Gasteiger charge is 2.16. The Balaban J connectivity index is 2.01. The molecular weight excluding hydrogens is 272 g/mol. The standard InChI is InChI=1S/C15H18N2O4/c1-2-20-13-6-3-5-12(15(18)19)14(13)21-10-4-8-17-9-7-16-11-17/h3,5-7,9,11H,2,4,8,10H2,1H3,(H,18,19). The zero-order chi connectivity index (χ0) is 15.1. The molecule has 1 aromatic carbocycles. The van der Waals surface area contributed by atoms with E-state index in [1.54, 1.807) is 24.7 Å². The summed E-state index contributed by atoms with van der Waals surface area (Å²) in [6.45, 7) is 3.46. The van der Waals surface area contributed by atoms with E-state index in [2.05, 4.69) is 4.98 Å². The maximum Gasteiger partial charge on any atom is 0.339 e. The third kappa shape index (κ3) is 3.98. The Bertz CT molecular complexity index is 581. The third-order valence-electron chi connectivity index (χ3n) is 2.88. The van der Waals surface area contributed by atoms with Crippen molar-refractivity contribution in [3.8, 4) is 11.5 Å². The van der Waals surface area contributed by atoms with E-state index < -0.39 is 5.97 Å². The van der Waals surface area contributed by atoms with Gasteiger partial charge in [0.05, 0.1) is 19.5 Å². The lowest BCUT2D eigenvalue weighted by Gasteiger charge is -2.14. The lowest BCUT2D eigenvalue weighted by atomic mass is 10.2. The summed E-state index contributed by atoms with van der Waals surface area (Å²) in [4.78, 5) is 15.2. The number of aromatic carboxylic acids is 1. The van der Waals surface area contributed by atoms with Crippen molar-refractivity contribution in [2.75, 3.05) is 13.2 Å². The van der Waals surface area contributed by atoms with Crippen LogP contribution in [0.5, 0.6) is 11.5 Å². The summed E-state index contributed by atoms with van der Waals surface area (Å²) < 4.78 is 13.0. The van der Waals surface area contributed by atoms with E-state index in [4.69, 9.17) is 9.47 Å². The number of carbonyl (C=O) groups is 1. The smallest absolute Gasteiger partial charge is 0.339 e. The molecular formula is C15H18N2O4. The van der Waals surface area contributed by atoms with Crippen LogP contribution in [0.25, 0.3) is 0 Å². The molecule has 2 aromatic rings. The Kier molecular flexibility index (Phi) is 5.20. The number of benzene rings is 1. The summed E-state index contributed by atoms with van der Waals surface area (Å²) in [6, 6.07) is 4.87. The second-order valence-electron chi connectivity index (χ2n) is 4.37. The highest BCUT2D eigenvalue weighted by Crippen LogP contribution is 2.31. The van der Waals surface area contributed by atoms with Gasteiger partial charge in [0.2, 0.25) is 0 Å². The van der Waals surface area contributed by atoms with Crippen LogP contribution in [0.2, 0.25) is 0 Å². The van der Waals surface area contributed by atoms with Crippen molar-refractivity contribution in [1.29, 1.82) is 0 Å². The quantitative estimate of drug-likeness (QED) is 0.756. The van der Waals surface area contributed by atoms with Gasteiger partial charge >= 0.3 is 5.97 Å². The summed E-state index contributed by atoms with van der Waals surface area (Å²) in [7, 11) is 0. The predicted molar refractivity (Wildman–Crippen MR) is 76.9 cm³/mol. The molecule has 0 aliphatic rings.